The molecule has 3 fully saturated rings. The average Bonchev–Trinajstić information content (AvgIpc) is 3.32. The van der Waals surface area contributed by atoms with Crippen LogP contribution in [-0.4, -0.2) is 109 Å². The van der Waals surface area contributed by atoms with E-state index in [1.807, 2.05) is 11.0 Å². The largest absolute Gasteiger partial charge is 0.481 e. The van der Waals surface area contributed by atoms with Crippen LogP contribution in [0.1, 0.15) is 19.3 Å². The van der Waals surface area contributed by atoms with Crippen molar-refractivity contribution in [2.75, 3.05) is 71.9 Å². The number of likely N-dealkylation sites (tertiary alicyclic amines) is 1. The molecular formula is C20H32N6O3. The predicted octanol–water partition coefficient (Wildman–Crippen LogP) is 0.912. The SMILES string of the molecule is COc1cc(N2CCC3(CC2)CN(CCN2CCC(N(C)C)C2)C(=O)O3)ncn1. The first-order valence-corrected chi connectivity index (χ1v) is 10.5. The zero-order valence-electron chi connectivity index (χ0n) is 17.7. The highest BCUT2D eigenvalue weighted by Crippen LogP contribution is 2.34. The summed E-state index contributed by atoms with van der Waals surface area (Å²) in [5, 5.41) is 0. The molecule has 1 amide bonds. The number of rotatable bonds is 6. The second kappa shape index (κ2) is 8.31. The number of likely N-dealkylation sites (N-methyl/N-ethyl adjacent to an activating group) is 1. The number of ether oxygens (including phenoxy) is 2. The Morgan fingerprint density at radius 1 is 1.24 bits per heavy atom. The summed E-state index contributed by atoms with van der Waals surface area (Å²) in [7, 11) is 5.88. The number of nitrogens with zero attached hydrogens (tertiary/aromatic N) is 6. The Labute approximate surface area is 172 Å². The van der Waals surface area contributed by atoms with Crippen molar-refractivity contribution in [2.45, 2.75) is 30.9 Å². The third kappa shape index (κ3) is 4.40. The first-order valence-electron chi connectivity index (χ1n) is 10.5. The van der Waals surface area contributed by atoms with Gasteiger partial charge < -0.3 is 24.2 Å². The molecule has 0 bridgehead atoms. The summed E-state index contributed by atoms with van der Waals surface area (Å²) in [4.78, 5) is 29.8. The van der Waals surface area contributed by atoms with E-state index in [-0.39, 0.29) is 11.7 Å². The Bertz CT molecular complexity index is 722. The molecule has 0 radical (unpaired) electrons. The zero-order chi connectivity index (χ0) is 20.4. The van der Waals surface area contributed by atoms with Crippen molar-refractivity contribution in [1.82, 2.24) is 24.7 Å². The van der Waals surface area contributed by atoms with Crippen LogP contribution in [0.2, 0.25) is 0 Å². The van der Waals surface area contributed by atoms with Crippen LogP contribution in [0.15, 0.2) is 12.4 Å². The second-order valence-electron chi connectivity index (χ2n) is 8.58. The van der Waals surface area contributed by atoms with E-state index in [1.165, 1.54) is 12.7 Å². The molecule has 0 N–H and O–H groups in total. The van der Waals surface area contributed by atoms with Gasteiger partial charge in [0, 0.05) is 57.7 Å². The third-order valence-corrected chi connectivity index (χ3v) is 6.54. The normalized spacial score (nSPS) is 24.6. The fourth-order valence-electron chi connectivity index (χ4n) is 4.58. The summed E-state index contributed by atoms with van der Waals surface area (Å²) in [6.07, 6.45) is 4.19. The second-order valence-corrected chi connectivity index (χ2v) is 8.58. The Morgan fingerprint density at radius 2 is 2.03 bits per heavy atom. The minimum Gasteiger partial charge on any atom is -0.481 e. The number of piperidine rings is 1. The van der Waals surface area contributed by atoms with E-state index in [2.05, 4.69) is 38.8 Å². The average molecular weight is 405 g/mol. The van der Waals surface area contributed by atoms with Crippen LogP contribution in [0.25, 0.3) is 0 Å². The molecule has 3 aliphatic heterocycles. The van der Waals surface area contributed by atoms with E-state index < -0.39 is 0 Å². The van der Waals surface area contributed by atoms with E-state index in [4.69, 9.17) is 9.47 Å². The van der Waals surface area contributed by atoms with Crippen molar-refractivity contribution in [3.05, 3.63) is 12.4 Å². The van der Waals surface area contributed by atoms with E-state index in [9.17, 15) is 4.79 Å². The van der Waals surface area contributed by atoms with Crippen LogP contribution in [0.5, 0.6) is 5.88 Å². The number of anilines is 1. The van der Waals surface area contributed by atoms with E-state index in [1.54, 1.807) is 7.11 Å². The smallest absolute Gasteiger partial charge is 0.410 e. The lowest BCUT2D eigenvalue weighted by atomic mass is 9.91. The van der Waals surface area contributed by atoms with Crippen molar-refractivity contribution < 1.29 is 14.3 Å². The molecule has 1 aromatic heterocycles. The number of methoxy groups -OCH3 is 1. The van der Waals surface area contributed by atoms with E-state index in [0.29, 0.717) is 18.5 Å². The first-order chi connectivity index (χ1) is 14.0. The van der Waals surface area contributed by atoms with Crippen LogP contribution < -0.4 is 9.64 Å². The predicted molar refractivity (Wildman–Crippen MR) is 109 cm³/mol. The molecule has 4 heterocycles. The lowest BCUT2D eigenvalue weighted by molar-refractivity contribution is 0.0366. The fraction of sp³-hybridized carbons (Fsp3) is 0.750. The Balaban J connectivity index is 1.28. The molecule has 1 atom stereocenters. The van der Waals surface area contributed by atoms with Gasteiger partial charge >= 0.3 is 6.09 Å². The standard InChI is InChI=1S/C20H32N6O3/c1-23(2)16-4-7-24(13-16)10-11-26-14-20(29-19(26)27)5-8-25(9-6-20)17-12-18(28-3)22-15-21-17/h12,15-16H,4-11,13-14H2,1-3H3. The molecule has 9 heteroatoms. The molecular weight excluding hydrogens is 372 g/mol. The molecule has 0 saturated carbocycles. The van der Waals surface area contributed by atoms with Crippen molar-refractivity contribution in [1.29, 1.82) is 0 Å². The Hall–Kier alpha value is -2.13. The van der Waals surface area contributed by atoms with E-state index >= 15 is 0 Å². The lowest BCUT2D eigenvalue weighted by Crippen LogP contribution is -2.47. The maximum Gasteiger partial charge on any atom is 0.410 e. The maximum atomic E-state index is 12.5. The zero-order valence-corrected chi connectivity index (χ0v) is 17.7. The van der Waals surface area contributed by atoms with Gasteiger partial charge in [-0.2, -0.15) is 0 Å². The summed E-state index contributed by atoms with van der Waals surface area (Å²) >= 11 is 0. The number of hydrogen-bond donors (Lipinski definition) is 0. The van der Waals surface area contributed by atoms with Crippen molar-refractivity contribution >= 4 is 11.9 Å². The van der Waals surface area contributed by atoms with Gasteiger partial charge in [-0.15, -0.1) is 0 Å². The fourth-order valence-corrected chi connectivity index (χ4v) is 4.58. The topological polar surface area (TPSA) is 74.3 Å². The summed E-state index contributed by atoms with van der Waals surface area (Å²) in [5.41, 5.74) is -0.359. The molecule has 29 heavy (non-hydrogen) atoms. The van der Waals surface area contributed by atoms with Gasteiger partial charge in [-0.1, -0.05) is 0 Å². The van der Waals surface area contributed by atoms with Gasteiger partial charge in [0.15, 0.2) is 0 Å². The molecule has 3 aliphatic rings. The molecule has 4 rings (SSSR count). The third-order valence-electron chi connectivity index (χ3n) is 6.54. The summed E-state index contributed by atoms with van der Waals surface area (Å²) in [6, 6.07) is 2.47. The van der Waals surface area contributed by atoms with Gasteiger partial charge in [0.1, 0.15) is 17.7 Å². The molecule has 9 nitrogen and oxygen atoms in total. The van der Waals surface area contributed by atoms with Crippen LogP contribution in [0.3, 0.4) is 0 Å². The minimum absolute atomic E-state index is 0.162. The van der Waals surface area contributed by atoms with Crippen LogP contribution >= 0.6 is 0 Å². The highest BCUT2D eigenvalue weighted by molar-refractivity contribution is 5.70. The number of hydrogen-bond acceptors (Lipinski definition) is 8. The van der Waals surface area contributed by atoms with Crippen LogP contribution in [-0.2, 0) is 4.74 Å². The number of carbonyl (C=O) groups excluding carboxylic acids is 1. The van der Waals surface area contributed by atoms with Gasteiger partial charge in [-0.25, -0.2) is 14.8 Å². The van der Waals surface area contributed by atoms with Crippen molar-refractivity contribution in [2.24, 2.45) is 0 Å². The van der Waals surface area contributed by atoms with Gasteiger partial charge in [0.2, 0.25) is 5.88 Å². The molecule has 160 valence electrons. The van der Waals surface area contributed by atoms with Crippen molar-refractivity contribution in [3.8, 4) is 5.88 Å². The number of amides is 1. The molecule has 3 saturated heterocycles. The molecule has 1 unspecified atom stereocenters. The highest BCUT2D eigenvalue weighted by Gasteiger charge is 2.47. The first kappa shape index (κ1) is 20.2. The van der Waals surface area contributed by atoms with Crippen molar-refractivity contribution in [3.63, 3.8) is 0 Å². The monoisotopic (exact) mass is 404 g/mol. The summed E-state index contributed by atoms with van der Waals surface area (Å²) in [6.45, 7) is 6.15. The van der Waals surface area contributed by atoms with Gasteiger partial charge in [-0.3, -0.25) is 4.90 Å². The van der Waals surface area contributed by atoms with Gasteiger partial charge in [0.05, 0.1) is 13.7 Å². The molecule has 0 aromatic carbocycles. The van der Waals surface area contributed by atoms with Crippen LogP contribution in [0, 0.1) is 0 Å². The minimum atomic E-state index is -0.359. The molecule has 1 aromatic rings. The summed E-state index contributed by atoms with van der Waals surface area (Å²) in [5.74, 6) is 1.42. The highest BCUT2D eigenvalue weighted by atomic mass is 16.6. The number of carbonyl (C=O) groups is 1. The van der Waals surface area contributed by atoms with Crippen LogP contribution in [0.4, 0.5) is 10.6 Å². The van der Waals surface area contributed by atoms with E-state index in [0.717, 1.165) is 57.9 Å². The quantitative estimate of drug-likeness (QED) is 0.693. The number of aromatic nitrogens is 2. The molecule has 0 aliphatic carbocycles. The van der Waals surface area contributed by atoms with Gasteiger partial charge in [0.25, 0.3) is 0 Å². The Morgan fingerprint density at radius 3 is 2.72 bits per heavy atom. The lowest BCUT2D eigenvalue weighted by Gasteiger charge is -2.38. The summed E-state index contributed by atoms with van der Waals surface area (Å²) < 4.78 is 11.1. The van der Waals surface area contributed by atoms with Gasteiger partial charge in [-0.05, 0) is 27.1 Å². The Kier molecular flexibility index (Phi) is 5.78. The molecule has 1 spiro atoms. The maximum absolute atomic E-state index is 12.5.